The topological polar surface area (TPSA) is 89.2 Å². The quantitative estimate of drug-likeness (QED) is 0.245. The van der Waals surface area contributed by atoms with Crippen LogP contribution in [-0.4, -0.2) is 36.4 Å². The summed E-state index contributed by atoms with van der Waals surface area (Å²) in [6.45, 7) is 9.86. The lowest BCUT2D eigenvalue weighted by molar-refractivity contribution is 0.120. The molecule has 0 amide bonds. The van der Waals surface area contributed by atoms with E-state index in [2.05, 4.69) is 29.8 Å². The Kier molecular flexibility index (Phi) is 8.18. The third kappa shape index (κ3) is 6.14. The van der Waals surface area contributed by atoms with E-state index in [4.69, 9.17) is 10.1 Å². The number of thiophene rings is 1. The van der Waals surface area contributed by atoms with Crippen molar-refractivity contribution in [3.05, 3.63) is 111 Å². The van der Waals surface area contributed by atoms with Crippen LogP contribution in [-0.2, 0) is 22.0 Å². The summed E-state index contributed by atoms with van der Waals surface area (Å²) in [6.07, 6.45) is 5.91. The number of primary sulfonamides is 1. The summed E-state index contributed by atoms with van der Waals surface area (Å²) in [6, 6.07) is 18.7. The molecule has 0 saturated carbocycles. The van der Waals surface area contributed by atoms with Gasteiger partial charge in [-0.3, -0.25) is 14.9 Å². The van der Waals surface area contributed by atoms with E-state index >= 15 is 0 Å². The van der Waals surface area contributed by atoms with Gasteiger partial charge in [0.25, 0.3) is 0 Å². The van der Waals surface area contributed by atoms with Crippen molar-refractivity contribution in [1.29, 1.82) is 0 Å². The summed E-state index contributed by atoms with van der Waals surface area (Å²) in [5.74, 6) is -0.348. The minimum absolute atomic E-state index is 0.126. The number of rotatable bonds is 9. The number of sulfonamides is 1. The number of halogens is 1. The minimum Gasteiger partial charge on any atom is -0.293 e. The van der Waals surface area contributed by atoms with Crippen LogP contribution in [0.2, 0.25) is 0 Å². The van der Waals surface area contributed by atoms with Crippen LogP contribution in [0.15, 0.2) is 78.0 Å². The smallest absolute Gasteiger partial charge is 0.238 e. The van der Waals surface area contributed by atoms with Gasteiger partial charge in [-0.1, -0.05) is 29.8 Å². The number of aryl methyl sites for hydroxylation is 3. The predicted molar refractivity (Wildman–Crippen MR) is 162 cm³/mol. The zero-order chi connectivity index (χ0) is 29.4. The van der Waals surface area contributed by atoms with Crippen LogP contribution >= 0.6 is 11.3 Å². The highest BCUT2D eigenvalue weighted by Gasteiger charge is 2.50. The molecule has 2 N–H and O–H groups in total. The van der Waals surface area contributed by atoms with Crippen molar-refractivity contribution in [2.75, 3.05) is 13.1 Å². The van der Waals surface area contributed by atoms with Crippen LogP contribution in [0.25, 0.3) is 0 Å². The first-order valence-corrected chi connectivity index (χ1v) is 16.2. The Morgan fingerprint density at radius 3 is 2.54 bits per heavy atom. The molecule has 0 radical (unpaired) electrons. The third-order valence-electron chi connectivity index (χ3n) is 8.67. The molecule has 1 saturated heterocycles. The summed E-state index contributed by atoms with van der Waals surface area (Å²) in [5.41, 5.74) is 3.78. The first-order valence-electron chi connectivity index (χ1n) is 13.9. The van der Waals surface area contributed by atoms with E-state index in [-0.39, 0.29) is 21.5 Å². The van der Waals surface area contributed by atoms with E-state index < -0.39 is 15.4 Å². The maximum absolute atomic E-state index is 14.0. The number of benzene rings is 1. The van der Waals surface area contributed by atoms with Gasteiger partial charge in [-0.15, -0.1) is 11.3 Å². The first-order chi connectivity index (χ1) is 19.4. The van der Waals surface area contributed by atoms with Crippen LogP contribution in [0.5, 0.6) is 0 Å². The molecule has 0 bridgehead atoms. The third-order valence-corrected chi connectivity index (χ3v) is 10.6. The van der Waals surface area contributed by atoms with E-state index in [1.807, 2.05) is 56.4 Å². The lowest BCUT2D eigenvalue weighted by Crippen LogP contribution is -2.43. The Hall–Kier alpha value is -2.98. The fourth-order valence-electron chi connectivity index (χ4n) is 6.33. The maximum Gasteiger partial charge on any atom is 0.238 e. The van der Waals surface area contributed by atoms with E-state index in [0.717, 1.165) is 46.8 Å². The predicted octanol–water partition coefficient (Wildman–Crippen LogP) is 6.33. The van der Waals surface area contributed by atoms with Crippen LogP contribution in [0.1, 0.15) is 65.6 Å². The number of nitrogens with two attached hydrogens (primary N) is 1. The maximum atomic E-state index is 14.0. The van der Waals surface area contributed by atoms with Crippen molar-refractivity contribution in [2.45, 2.75) is 63.3 Å². The van der Waals surface area contributed by atoms with Gasteiger partial charge < -0.3 is 0 Å². The Labute approximate surface area is 246 Å². The van der Waals surface area contributed by atoms with Crippen molar-refractivity contribution in [3.8, 4) is 0 Å². The molecule has 4 aromatic rings. The largest absolute Gasteiger partial charge is 0.293 e. The van der Waals surface area contributed by atoms with Gasteiger partial charge in [-0.05, 0) is 106 Å². The molecule has 1 aliphatic heterocycles. The van der Waals surface area contributed by atoms with E-state index in [0.29, 0.717) is 18.5 Å². The molecular weight excluding hydrogens is 556 g/mol. The van der Waals surface area contributed by atoms with E-state index in [1.54, 1.807) is 18.3 Å². The Bertz CT molecular complexity index is 1620. The molecule has 3 aromatic heterocycles. The Morgan fingerprint density at radius 1 is 1.10 bits per heavy atom. The molecule has 1 aliphatic rings. The number of hydrogen-bond acceptors (Lipinski definition) is 6. The molecule has 0 spiro atoms. The summed E-state index contributed by atoms with van der Waals surface area (Å²) < 4.78 is 39.9. The molecule has 5 rings (SSSR count). The molecule has 6 nitrogen and oxygen atoms in total. The standard InChI is InChI=1S/C32H37FN4O2S2/c1-22-8-12-28(41(34,38)39)26(19-22)30(27-7-5-6-17-35-27)32(15-14-25-11-13-29(33)40-25)16-18-37(21-32)31(3,4)24-10-9-23(2)36-20-24/h5-13,17,19-20,30H,14-16,18,21H2,1-4H3,(H2,34,38,39)/t30-,32+/m0/s1. The molecule has 0 aliphatic carbocycles. The van der Waals surface area contributed by atoms with Crippen molar-refractivity contribution < 1.29 is 12.8 Å². The molecule has 216 valence electrons. The Balaban J connectivity index is 1.66. The van der Waals surface area contributed by atoms with Gasteiger partial charge in [-0.2, -0.15) is 4.39 Å². The number of pyridine rings is 2. The summed E-state index contributed by atoms with van der Waals surface area (Å²) >= 11 is 1.17. The highest BCUT2D eigenvalue weighted by molar-refractivity contribution is 7.89. The molecular formula is C32H37FN4O2S2. The van der Waals surface area contributed by atoms with Gasteiger partial charge in [0.1, 0.15) is 0 Å². The van der Waals surface area contributed by atoms with Crippen molar-refractivity contribution in [3.63, 3.8) is 0 Å². The molecule has 2 atom stereocenters. The van der Waals surface area contributed by atoms with Gasteiger partial charge in [0.2, 0.25) is 10.0 Å². The zero-order valence-electron chi connectivity index (χ0n) is 24.0. The Morgan fingerprint density at radius 2 is 1.90 bits per heavy atom. The second kappa shape index (κ2) is 11.4. The average molecular weight is 593 g/mol. The second-order valence-electron chi connectivity index (χ2n) is 11.8. The fraction of sp³-hybridized carbons (Fsp3) is 0.375. The lowest BCUT2D eigenvalue weighted by atomic mass is 9.66. The van der Waals surface area contributed by atoms with Crippen molar-refractivity contribution in [1.82, 2.24) is 14.9 Å². The molecule has 4 heterocycles. The molecule has 41 heavy (non-hydrogen) atoms. The number of likely N-dealkylation sites (tertiary alicyclic amines) is 1. The van der Waals surface area contributed by atoms with E-state index in [9.17, 15) is 12.8 Å². The molecule has 1 fully saturated rings. The molecule has 0 unspecified atom stereocenters. The normalized spacial score (nSPS) is 19.0. The first kappa shape index (κ1) is 29.5. The van der Waals surface area contributed by atoms with E-state index in [1.165, 1.54) is 17.4 Å². The summed E-state index contributed by atoms with van der Waals surface area (Å²) in [5, 5.41) is 5.61. The van der Waals surface area contributed by atoms with Gasteiger partial charge in [0, 0.05) is 46.7 Å². The van der Waals surface area contributed by atoms with Crippen molar-refractivity contribution >= 4 is 21.4 Å². The van der Waals surface area contributed by atoms with Gasteiger partial charge in [-0.25, -0.2) is 13.6 Å². The number of aromatic nitrogens is 2. The second-order valence-corrected chi connectivity index (χ2v) is 14.4. The summed E-state index contributed by atoms with van der Waals surface area (Å²) in [4.78, 5) is 12.9. The SMILES string of the molecule is Cc1ccc(S(N)(=O)=O)c([C@@H](c2ccccn2)[C@]2(CCc3ccc(F)s3)CCN(C(C)(C)c3ccc(C)nc3)C2)c1. The molecule has 9 heteroatoms. The number of nitrogens with zero attached hydrogens (tertiary/aromatic N) is 3. The van der Waals surface area contributed by atoms with Crippen LogP contribution < -0.4 is 5.14 Å². The summed E-state index contributed by atoms with van der Waals surface area (Å²) in [7, 11) is -4.01. The fourth-order valence-corrected chi connectivity index (χ4v) is 7.82. The van der Waals surface area contributed by atoms with Crippen LogP contribution in [0.3, 0.4) is 0 Å². The monoisotopic (exact) mass is 592 g/mol. The molecule has 1 aromatic carbocycles. The van der Waals surface area contributed by atoms with Gasteiger partial charge in [0.15, 0.2) is 5.13 Å². The lowest BCUT2D eigenvalue weighted by Gasteiger charge is -2.42. The zero-order valence-corrected chi connectivity index (χ0v) is 25.6. The van der Waals surface area contributed by atoms with Crippen LogP contribution in [0.4, 0.5) is 4.39 Å². The average Bonchev–Trinajstić information content (AvgIpc) is 3.55. The van der Waals surface area contributed by atoms with Gasteiger partial charge >= 0.3 is 0 Å². The van der Waals surface area contributed by atoms with Crippen molar-refractivity contribution in [2.24, 2.45) is 10.6 Å². The number of hydrogen-bond donors (Lipinski definition) is 1. The minimum atomic E-state index is -4.01. The van der Waals surface area contributed by atoms with Gasteiger partial charge in [0.05, 0.1) is 4.90 Å². The highest BCUT2D eigenvalue weighted by atomic mass is 32.2. The van der Waals surface area contributed by atoms with Crippen LogP contribution in [0, 0.1) is 24.4 Å². The highest BCUT2D eigenvalue weighted by Crippen LogP contribution is 2.53.